The summed E-state index contributed by atoms with van der Waals surface area (Å²) < 4.78 is 1.62. The number of rotatable bonds is 1. The number of nitrogens with zero attached hydrogens (tertiary/aromatic N) is 3. The Bertz CT molecular complexity index is 1080. The molecule has 1 N–H and O–H groups in total. The highest BCUT2D eigenvalue weighted by Gasteiger charge is 2.15. The van der Waals surface area contributed by atoms with Gasteiger partial charge in [0.15, 0.2) is 5.82 Å². The van der Waals surface area contributed by atoms with E-state index in [2.05, 4.69) is 15.1 Å². The maximum atomic E-state index is 12.7. The zero-order valence-corrected chi connectivity index (χ0v) is 12.4. The number of benzene rings is 1. The molecule has 0 aliphatic rings. The van der Waals surface area contributed by atoms with E-state index in [-0.39, 0.29) is 5.43 Å². The molecule has 1 aromatic carbocycles. The van der Waals surface area contributed by atoms with Gasteiger partial charge >= 0.3 is 0 Å². The Labute approximate surface area is 130 Å². The highest BCUT2D eigenvalue weighted by molar-refractivity contribution is 6.29. The first-order chi connectivity index (χ1) is 10.6. The number of pyridine rings is 2. The summed E-state index contributed by atoms with van der Waals surface area (Å²) in [6.45, 7) is 1.81. The van der Waals surface area contributed by atoms with Crippen LogP contribution in [0.15, 0.2) is 47.3 Å². The lowest BCUT2D eigenvalue weighted by atomic mass is 10.1. The average Bonchev–Trinajstić information content (AvgIpc) is 2.85. The molecule has 4 rings (SSSR count). The van der Waals surface area contributed by atoms with Gasteiger partial charge in [0.2, 0.25) is 5.43 Å². The van der Waals surface area contributed by atoms with Crippen molar-refractivity contribution >= 4 is 33.5 Å². The monoisotopic (exact) mass is 310 g/mol. The Morgan fingerprint density at radius 3 is 2.77 bits per heavy atom. The number of para-hydroxylation sites is 1. The molecular weight excluding hydrogens is 300 g/mol. The van der Waals surface area contributed by atoms with Crippen molar-refractivity contribution in [2.45, 2.75) is 6.92 Å². The van der Waals surface area contributed by atoms with Gasteiger partial charge in [0.05, 0.1) is 16.6 Å². The summed E-state index contributed by atoms with van der Waals surface area (Å²) >= 11 is 5.95. The third kappa shape index (κ3) is 1.83. The highest BCUT2D eigenvalue weighted by atomic mass is 35.5. The highest BCUT2D eigenvalue weighted by Crippen LogP contribution is 2.20. The fourth-order valence-electron chi connectivity index (χ4n) is 2.65. The second kappa shape index (κ2) is 4.68. The van der Waals surface area contributed by atoms with Crippen molar-refractivity contribution in [2.24, 2.45) is 0 Å². The third-order valence-electron chi connectivity index (χ3n) is 3.63. The molecule has 0 aliphatic carbocycles. The van der Waals surface area contributed by atoms with Gasteiger partial charge in [-0.25, -0.2) is 4.98 Å². The standard InChI is InChI=1S/C16H11ClN4O/c1-9-14-15(22)10-5-2-3-6-11(10)18-16(14)21(20-9)13-8-4-7-12(17)19-13/h2-8H,1H3,(H,18,22). The molecule has 0 saturated heterocycles. The third-order valence-corrected chi connectivity index (χ3v) is 3.84. The van der Waals surface area contributed by atoms with E-state index in [0.29, 0.717) is 33.1 Å². The van der Waals surface area contributed by atoms with Crippen molar-refractivity contribution in [3.8, 4) is 5.82 Å². The predicted octanol–water partition coefficient (Wildman–Crippen LogP) is 3.22. The first kappa shape index (κ1) is 13.0. The molecule has 3 heterocycles. The van der Waals surface area contributed by atoms with Gasteiger partial charge < -0.3 is 4.98 Å². The fraction of sp³-hybridized carbons (Fsp3) is 0.0625. The van der Waals surface area contributed by atoms with Gasteiger partial charge in [0.1, 0.15) is 10.8 Å². The maximum Gasteiger partial charge on any atom is 0.200 e. The molecule has 0 aliphatic heterocycles. The van der Waals surface area contributed by atoms with Crippen LogP contribution in [0.5, 0.6) is 0 Å². The first-order valence-electron chi connectivity index (χ1n) is 6.78. The van der Waals surface area contributed by atoms with Gasteiger partial charge in [-0.2, -0.15) is 9.78 Å². The fourth-order valence-corrected chi connectivity index (χ4v) is 2.81. The number of hydrogen-bond acceptors (Lipinski definition) is 3. The Hall–Kier alpha value is -2.66. The summed E-state index contributed by atoms with van der Waals surface area (Å²) in [5.74, 6) is 0.566. The van der Waals surface area contributed by atoms with Crippen molar-refractivity contribution < 1.29 is 0 Å². The molecule has 4 aromatic rings. The lowest BCUT2D eigenvalue weighted by molar-refractivity contribution is 0.849. The molecule has 0 saturated carbocycles. The van der Waals surface area contributed by atoms with Gasteiger partial charge in [-0.05, 0) is 31.2 Å². The molecule has 3 aromatic heterocycles. The number of aryl methyl sites for hydroxylation is 1. The zero-order chi connectivity index (χ0) is 15.3. The molecule has 0 radical (unpaired) electrons. The van der Waals surface area contributed by atoms with E-state index in [0.717, 1.165) is 5.52 Å². The normalized spacial score (nSPS) is 11.4. The van der Waals surface area contributed by atoms with Crippen LogP contribution >= 0.6 is 11.6 Å². The van der Waals surface area contributed by atoms with Crippen molar-refractivity contribution in [3.63, 3.8) is 0 Å². The Morgan fingerprint density at radius 2 is 1.95 bits per heavy atom. The molecule has 22 heavy (non-hydrogen) atoms. The van der Waals surface area contributed by atoms with E-state index in [1.165, 1.54) is 0 Å². The largest absolute Gasteiger partial charge is 0.339 e. The van der Waals surface area contributed by atoms with Crippen LogP contribution in [0, 0.1) is 6.92 Å². The van der Waals surface area contributed by atoms with Crippen LogP contribution in [-0.4, -0.2) is 19.7 Å². The quantitative estimate of drug-likeness (QED) is 0.549. The molecule has 0 amide bonds. The summed E-state index contributed by atoms with van der Waals surface area (Å²) in [5.41, 5.74) is 2.01. The molecular formula is C16H11ClN4O. The Kier molecular flexibility index (Phi) is 2.77. The Balaban J connectivity index is 2.16. The smallest absolute Gasteiger partial charge is 0.200 e. The molecule has 0 spiro atoms. The SMILES string of the molecule is Cc1nn(-c2cccc(Cl)n2)c2[nH]c3ccccc3c(=O)c12. The number of aromatic amines is 1. The van der Waals surface area contributed by atoms with Gasteiger partial charge in [-0.1, -0.05) is 29.8 Å². The van der Waals surface area contributed by atoms with Crippen molar-refractivity contribution in [1.29, 1.82) is 0 Å². The number of nitrogens with one attached hydrogen (secondary N) is 1. The van der Waals surface area contributed by atoms with E-state index < -0.39 is 0 Å². The molecule has 5 nitrogen and oxygen atoms in total. The van der Waals surface area contributed by atoms with Crippen molar-refractivity contribution in [2.75, 3.05) is 0 Å². The van der Waals surface area contributed by atoms with Crippen LogP contribution in [0.25, 0.3) is 27.8 Å². The molecule has 6 heteroatoms. The minimum atomic E-state index is -0.0323. The van der Waals surface area contributed by atoms with Gasteiger partial charge in [0, 0.05) is 5.39 Å². The van der Waals surface area contributed by atoms with Crippen LogP contribution in [-0.2, 0) is 0 Å². The number of halogens is 1. The van der Waals surface area contributed by atoms with E-state index in [1.54, 1.807) is 22.9 Å². The van der Waals surface area contributed by atoms with Crippen molar-refractivity contribution in [3.05, 3.63) is 63.5 Å². The van der Waals surface area contributed by atoms with Crippen LogP contribution in [0.3, 0.4) is 0 Å². The van der Waals surface area contributed by atoms with E-state index in [9.17, 15) is 4.79 Å². The summed E-state index contributed by atoms with van der Waals surface area (Å²) in [6, 6.07) is 12.7. The maximum absolute atomic E-state index is 12.7. The molecule has 0 fully saturated rings. The van der Waals surface area contributed by atoms with Gasteiger partial charge in [0.25, 0.3) is 0 Å². The first-order valence-corrected chi connectivity index (χ1v) is 7.16. The molecule has 0 bridgehead atoms. The average molecular weight is 311 g/mol. The Morgan fingerprint density at radius 1 is 1.14 bits per heavy atom. The predicted molar refractivity (Wildman–Crippen MR) is 86.7 cm³/mol. The van der Waals surface area contributed by atoms with Crippen molar-refractivity contribution in [1.82, 2.24) is 19.7 Å². The summed E-state index contributed by atoms with van der Waals surface area (Å²) in [4.78, 5) is 20.2. The van der Waals surface area contributed by atoms with E-state index in [1.807, 2.05) is 31.2 Å². The topological polar surface area (TPSA) is 63.6 Å². The van der Waals surface area contributed by atoms with Crippen LogP contribution in [0.4, 0.5) is 0 Å². The minimum Gasteiger partial charge on any atom is -0.339 e. The van der Waals surface area contributed by atoms with Crippen LogP contribution < -0.4 is 5.43 Å². The summed E-state index contributed by atoms with van der Waals surface area (Å²) in [6.07, 6.45) is 0. The molecule has 0 unspecified atom stereocenters. The number of aromatic nitrogens is 4. The van der Waals surface area contributed by atoms with Crippen LogP contribution in [0.2, 0.25) is 5.15 Å². The second-order valence-electron chi connectivity index (χ2n) is 5.04. The number of H-pyrrole nitrogens is 1. The number of fused-ring (bicyclic) bond motifs is 2. The van der Waals surface area contributed by atoms with Gasteiger partial charge in [-0.15, -0.1) is 0 Å². The molecule has 108 valence electrons. The zero-order valence-electron chi connectivity index (χ0n) is 11.7. The van der Waals surface area contributed by atoms with Crippen LogP contribution in [0.1, 0.15) is 5.69 Å². The lowest BCUT2D eigenvalue weighted by Crippen LogP contribution is -2.06. The van der Waals surface area contributed by atoms with E-state index >= 15 is 0 Å². The number of hydrogen-bond donors (Lipinski definition) is 1. The second-order valence-corrected chi connectivity index (χ2v) is 5.43. The summed E-state index contributed by atoms with van der Waals surface area (Å²) in [7, 11) is 0. The summed E-state index contributed by atoms with van der Waals surface area (Å²) in [5, 5.41) is 6.05. The molecule has 0 atom stereocenters. The lowest BCUT2D eigenvalue weighted by Gasteiger charge is -2.04. The van der Waals surface area contributed by atoms with Gasteiger partial charge in [-0.3, -0.25) is 4.79 Å². The van der Waals surface area contributed by atoms with E-state index in [4.69, 9.17) is 11.6 Å². The minimum absolute atomic E-state index is 0.0323.